The molecule has 0 saturated carbocycles. The average molecular weight is 647 g/mol. The van der Waals surface area contributed by atoms with Crippen LogP contribution in [0.4, 0.5) is 0 Å². The topological polar surface area (TPSA) is 170 Å². The number of esters is 4. The van der Waals surface area contributed by atoms with Gasteiger partial charge in [-0.2, -0.15) is 5.26 Å². The molecule has 0 aliphatic carbocycles. The fourth-order valence-corrected chi connectivity index (χ4v) is 3.91. The predicted octanol–water partition coefficient (Wildman–Crippen LogP) is 4.13. The van der Waals surface area contributed by atoms with Crippen molar-refractivity contribution in [3.05, 3.63) is 35.9 Å². The molecule has 1 heterocycles. The van der Waals surface area contributed by atoms with E-state index in [-0.39, 0.29) is 5.56 Å². The lowest BCUT2D eigenvalue weighted by atomic mass is 9.92. The van der Waals surface area contributed by atoms with Crippen LogP contribution in [-0.2, 0) is 48.6 Å². The molecule has 4 unspecified atom stereocenters. The third kappa shape index (κ3) is 9.98. The number of carbonyl (C=O) groups is 4. The highest BCUT2D eigenvalue weighted by Gasteiger charge is 2.56. The molecule has 6 atom stereocenters. The molecule has 46 heavy (non-hydrogen) atoms. The summed E-state index contributed by atoms with van der Waals surface area (Å²) < 4.78 is 29.7. The number of nitrogens with one attached hydrogen (secondary N) is 1. The Morgan fingerprint density at radius 1 is 0.717 bits per heavy atom. The van der Waals surface area contributed by atoms with Crippen LogP contribution in [0.2, 0.25) is 0 Å². The van der Waals surface area contributed by atoms with E-state index in [1.807, 2.05) is 6.07 Å². The monoisotopic (exact) mass is 646 g/mol. The van der Waals surface area contributed by atoms with Crippen LogP contribution in [0.1, 0.15) is 88.6 Å². The second-order valence-electron chi connectivity index (χ2n) is 15.6. The van der Waals surface area contributed by atoms with E-state index in [0.717, 1.165) is 0 Å². The zero-order valence-corrected chi connectivity index (χ0v) is 29.0. The molecule has 1 fully saturated rings. The number of nitrogens with zero attached hydrogens (tertiary/aromatic N) is 1. The number of aliphatic hydroxyl groups is 1. The molecule has 0 radical (unpaired) electrons. The lowest BCUT2D eigenvalue weighted by molar-refractivity contribution is -0.271. The van der Waals surface area contributed by atoms with Gasteiger partial charge in [0.2, 0.25) is 5.72 Å². The standard InChI is InChI=1S/C34H50N2O10/c1-30(2,3)26(37)42-18-21-22(44-27(38)31(4,5)6)23(45-28(39)32(7,8)9)24(46-29(40)33(10,11)12)25(43-21)36-34(41,19-35)20-16-14-13-15-17-20/h13-17,21-25,36,41H,18H2,1-12H3/t21?,22-,23-,24?,25?,34?/m1/s1. The Morgan fingerprint density at radius 2 is 1.13 bits per heavy atom. The van der Waals surface area contributed by atoms with Gasteiger partial charge in [0, 0.05) is 5.56 Å². The number of carbonyl (C=O) groups excluding carboxylic acids is 4. The van der Waals surface area contributed by atoms with Crippen molar-refractivity contribution in [1.29, 1.82) is 5.26 Å². The van der Waals surface area contributed by atoms with Gasteiger partial charge in [0.05, 0.1) is 21.7 Å². The molecule has 1 aromatic rings. The van der Waals surface area contributed by atoms with Crippen molar-refractivity contribution in [3.63, 3.8) is 0 Å². The fourth-order valence-electron chi connectivity index (χ4n) is 3.91. The summed E-state index contributed by atoms with van der Waals surface area (Å²) in [5.41, 5.74) is -6.28. The highest BCUT2D eigenvalue weighted by atomic mass is 16.7. The lowest BCUT2D eigenvalue weighted by Gasteiger charge is -2.47. The van der Waals surface area contributed by atoms with Crippen LogP contribution >= 0.6 is 0 Å². The zero-order valence-electron chi connectivity index (χ0n) is 29.0. The van der Waals surface area contributed by atoms with E-state index in [0.29, 0.717) is 0 Å². The summed E-state index contributed by atoms with van der Waals surface area (Å²) in [6.45, 7) is 19.0. The molecule has 12 nitrogen and oxygen atoms in total. The summed E-state index contributed by atoms with van der Waals surface area (Å²) in [6, 6.07) is 9.75. The van der Waals surface area contributed by atoms with Crippen LogP contribution in [0.15, 0.2) is 30.3 Å². The van der Waals surface area contributed by atoms with E-state index < -0.39 is 88.5 Å². The number of hydrogen-bond donors (Lipinski definition) is 2. The lowest BCUT2D eigenvalue weighted by Crippen LogP contribution is -2.68. The minimum atomic E-state index is -2.39. The Labute approximate surface area is 272 Å². The first kappa shape index (κ1) is 38.7. The van der Waals surface area contributed by atoms with Crippen molar-refractivity contribution in [2.75, 3.05) is 6.61 Å². The molecular weight excluding hydrogens is 596 g/mol. The van der Waals surface area contributed by atoms with Crippen molar-refractivity contribution in [2.45, 2.75) is 119 Å². The van der Waals surface area contributed by atoms with Crippen LogP contribution in [-0.4, -0.2) is 66.2 Å². The molecule has 0 aromatic heterocycles. The molecule has 256 valence electrons. The van der Waals surface area contributed by atoms with Gasteiger partial charge in [0.25, 0.3) is 0 Å². The van der Waals surface area contributed by atoms with E-state index in [4.69, 9.17) is 23.7 Å². The maximum absolute atomic E-state index is 13.4. The molecule has 0 bridgehead atoms. The molecule has 0 spiro atoms. The Hall–Kier alpha value is -3.53. The Kier molecular flexibility index (Phi) is 11.8. The van der Waals surface area contributed by atoms with Gasteiger partial charge in [-0.15, -0.1) is 0 Å². The van der Waals surface area contributed by atoms with Crippen molar-refractivity contribution < 1.29 is 48.0 Å². The average Bonchev–Trinajstić information content (AvgIpc) is 2.92. The first-order chi connectivity index (χ1) is 20.8. The fraction of sp³-hybridized carbons (Fsp3) is 0.676. The first-order valence-electron chi connectivity index (χ1n) is 15.2. The van der Waals surface area contributed by atoms with Crippen LogP contribution in [0, 0.1) is 33.0 Å². The quantitative estimate of drug-likeness (QED) is 0.179. The summed E-state index contributed by atoms with van der Waals surface area (Å²) in [6.07, 6.45) is -7.40. The molecule has 0 amide bonds. The molecule has 1 aromatic carbocycles. The highest BCUT2D eigenvalue weighted by molar-refractivity contribution is 5.78. The van der Waals surface area contributed by atoms with Gasteiger partial charge in [-0.05, 0) is 83.1 Å². The van der Waals surface area contributed by atoms with E-state index in [2.05, 4.69) is 5.32 Å². The van der Waals surface area contributed by atoms with Crippen molar-refractivity contribution in [2.24, 2.45) is 21.7 Å². The van der Waals surface area contributed by atoms with Crippen molar-refractivity contribution in [3.8, 4) is 6.07 Å². The number of hydrogen-bond acceptors (Lipinski definition) is 12. The normalized spacial score (nSPS) is 23.7. The van der Waals surface area contributed by atoms with Gasteiger partial charge in [0.15, 0.2) is 24.5 Å². The minimum Gasteiger partial charge on any atom is -0.462 e. The highest BCUT2D eigenvalue weighted by Crippen LogP contribution is 2.35. The van der Waals surface area contributed by atoms with Gasteiger partial charge in [-0.3, -0.25) is 19.2 Å². The smallest absolute Gasteiger partial charge is 0.311 e. The summed E-state index contributed by atoms with van der Waals surface area (Å²) >= 11 is 0. The van der Waals surface area contributed by atoms with E-state index in [9.17, 15) is 29.5 Å². The van der Waals surface area contributed by atoms with Crippen LogP contribution < -0.4 is 5.32 Å². The third-order valence-corrected chi connectivity index (χ3v) is 6.90. The Morgan fingerprint density at radius 3 is 1.54 bits per heavy atom. The number of ether oxygens (including phenoxy) is 5. The van der Waals surface area contributed by atoms with E-state index in [1.54, 1.807) is 101 Å². The number of benzene rings is 1. The van der Waals surface area contributed by atoms with E-state index >= 15 is 0 Å². The molecule has 2 rings (SSSR count). The first-order valence-corrected chi connectivity index (χ1v) is 15.2. The SMILES string of the molecule is CC(C)(C)C(=O)OCC1OC(NC(O)(C#N)c2ccccc2)C(OC(=O)C(C)(C)C)[C@H](OC(=O)C(C)(C)C)[C@@H]1OC(=O)C(C)(C)C. The van der Waals surface area contributed by atoms with Crippen LogP contribution in [0.25, 0.3) is 0 Å². The third-order valence-electron chi connectivity index (χ3n) is 6.90. The summed E-state index contributed by atoms with van der Waals surface area (Å²) in [4.78, 5) is 52.9. The number of nitriles is 1. The molecule has 1 saturated heterocycles. The van der Waals surface area contributed by atoms with Crippen molar-refractivity contribution >= 4 is 23.9 Å². The molecule has 1 aliphatic heterocycles. The minimum absolute atomic E-state index is 0.141. The second-order valence-corrected chi connectivity index (χ2v) is 15.6. The molecule has 2 N–H and O–H groups in total. The maximum atomic E-state index is 13.4. The van der Waals surface area contributed by atoms with Gasteiger partial charge >= 0.3 is 23.9 Å². The number of rotatable bonds is 8. The van der Waals surface area contributed by atoms with Gasteiger partial charge < -0.3 is 28.8 Å². The van der Waals surface area contributed by atoms with E-state index in [1.165, 1.54) is 12.1 Å². The Bertz CT molecular complexity index is 1290. The molecule has 1 aliphatic rings. The second kappa shape index (κ2) is 14.1. The predicted molar refractivity (Wildman–Crippen MR) is 166 cm³/mol. The summed E-state index contributed by atoms with van der Waals surface area (Å²) in [5.74, 6) is -2.75. The van der Waals surface area contributed by atoms with Gasteiger partial charge in [0.1, 0.15) is 18.8 Å². The summed E-state index contributed by atoms with van der Waals surface area (Å²) in [5, 5.41) is 24.4. The van der Waals surface area contributed by atoms with Crippen LogP contribution in [0.3, 0.4) is 0 Å². The van der Waals surface area contributed by atoms with Gasteiger partial charge in [-0.25, -0.2) is 5.32 Å². The van der Waals surface area contributed by atoms with Crippen molar-refractivity contribution in [1.82, 2.24) is 5.32 Å². The zero-order chi connectivity index (χ0) is 35.5. The summed E-state index contributed by atoms with van der Waals surface area (Å²) in [7, 11) is 0. The Balaban J connectivity index is 2.80. The van der Waals surface area contributed by atoms with Crippen LogP contribution in [0.5, 0.6) is 0 Å². The molecular formula is C34H50N2O10. The molecule has 12 heteroatoms. The maximum Gasteiger partial charge on any atom is 0.311 e. The largest absolute Gasteiger partial charge is 0.462 e. The van der Waals surface area contributed by atoms with Gasteiger partial charge in [-0.1, -0.05) is 30.3 Å².